The van der Waals surface area contributed by atoms with Crippen LogP contribution in [0.15, 0.2) is 205 Å². The molecule has 6 heteroatoms. The average molecular weight is 794 g/mol. The number of rotatable bonds is 7. The Morgan fingerprint density at radius 3 is 2.25 bits per heavy atom. The minimum absolute atomic E-state index is 0.0534. The maximum atomic E-state index is 9.19. The van der Waals surface area contributed by atoms with Gasteiger partial charge in [-0.1, -0.05) is 145 Å². The second kappa shape index (κ2) is 14.0. The van der Waals surface area contributed by atoms with Gasteiger partial charge in [-0.25, -0.2) is 4.98 Å². The van der Waals surface area contributed by atoms with Crippen LogP contribution in [-0.4, -0.2) is 14.1 Å². The number of benzene rings is 8. The molecule has 0 saturated carbocycles. The number of hydrogen-bond acceptors (Lipinski definition) is 3. The van der Waals surface area contributed by atoms with Crippen LogP contribution in [-0.2, 0) is 0 Å². The van der Waals surface area contributed by atoms with E-state index in [0.717, 1.165) is 43.7 Å². The summed E-state index contributed by atoms with van der Waals surface area (Å²) in [5, 5.41) is 4.00. The van der Waals surface area contributed by atoms with Crippen molar-refractivity contribution in [2.75, 3.05) is 0 Å². The van der Waals surface area contributed by atoms with Gasteiger partial charge in [0.2, 0.25) is 0 Å². The molecule has 12 aromatic rings. The Labute approximate surface area is 364 Å². The molecule has 0 aliphatic carbocycles. The first-order valence-electron chi connectivity index (χ1n) is 24.2. The van der Waals surface area contributed by atoms with Crippen LogP contribution in [0, 0.1) is 13.3 Å². The largest absolute Gasteiger partial charge is 0.458 e. The zero-order chi connectivity index (χ0) is 48.3. The Balaban J connectivity index is 1.01. The van der Waals surface area contributed by atoms with E-state index in [2.05, 4.69) is 23.0 Å². The van der Waals surface area contributed by atoms with Gasteiger partial charge < -0.3 is 9.15 Å². The lowest BCUT2D eigenvalue weighted by Gasteiger charge is -2.17. The highest BCUT2D eigenvalue weighted by Crippen LogP contribution is 2.38. The van der Waals surface area contributed by atoms with Gasteiger partial charge in [-0.3, -0.25) is 13.7 Å². The van der Waals surface area contributed by atoms with Gasteiger partial charge in [0.1, 0.15) is 28.5 Å². The van der Waals surface area contributed by atoms with E-state index in [1.165, 1.54) is 0 Å². The Kier molecular flexibility index (Phi) is 6.12. The van der Waals surface area contributed by atoms with Crippen LogP contribution < -0.4 is 9.30 Å². The summed E-state index contributed by atoms with van der Waals surface area (Å²) in [6.45, 7) is 1.56. The predicted octanol–water partition coefficient (Wildman–Crippen LogP) is 13.5. The highest BCUT2D eigenvalue weighted by Gasteiger charge is 2.21. The Morgan fingerprint density at radius 1 is 0.607 bits per heavy atom. The number of pyridine rings is 1. The number of nitrogens with zero attached hydrogens (tertiary/aromatic N) is 4. The van der Waals surface area contributed by atoms with Crippen LogP contribution in [0.2, 0.25) is 0 Å². The third-order valence-electron chi connectivity index (χ3n) is 11.0. The fraction of sp³-hybridized carbons (Fsp3) is 0.0182. The highest BCUT2D eigenvalue weighted by atomic mass is 16.5. The molecule has 0 saturated heterocycles. The van der Waals surface area contributed by atoms with Crippen LogP contribution in [0.25, 0.3) is 94.2 Å². The number of furan rings is 1. The van der Waals surface area contributed by atoms with E-state index in [1.54, 1.807) is 29.7 Å². The first-order valence-corrected chi connectivity index (χ1v) is 19.7. The molecular weight excluding hydrogens is 749 g/mol. The van der Waals surface area contributed by atoms with E-state index < -0.39 is 30.2 Å². The predicted molar refractivity (Wildman–Crippen MR) is 245 cm³/mol. The number of hydrogen-bond donors (Lipinski definition) is 0. The molecule has 0 fully saturated rings. The molecule has 6 nitrogen and oxygen atoms in total. The molecule has 0 aliphatic heterocycles. The lowest BCUT2D eigenvalue weighted by molar-refractivity contribution is -0.571. The third-order valence-corrected chi connectivity index (χ3v) is 11.0. The minimum atomic E-state index is -0.545. The molecule has 0 amide bonds. The summed E-state index contributed by atoms with van der Waals surface area (Å²) in [6, 6.07) is 40.4. The van der Waals surface area contributed by atoms with Gasteiger partial charge in [0.25, 0.3) is 6.33 Å². The Hall–Kier alpha value is -8.22. The smallest absolute Gasteiger partial charge is 0.269 e. The molecular formula is C55H36N4O2. The van der Waals surface area contributed by atoms with Crippen molar-refractivity contribution in [1.82, 2.24) is 14.1 Å². The SMILES string of the molecule is [2H]c1c([2H])c([2H])c(-c2cccc(-c3c([2H])c([2H])c([2H])c(C)c3[2H])c2-[n+]2[c-]n(-c3cccc(Oc4ccc5c6ccccc6n(-c6cc7oc8ccccc8c7cn6)c5c4)c3)c3ccccc32)c([2H])c1[2H]. The van der Waals surface area contributed by atoms with Crippen LogP contribution in [0.4, 0.5) is 0 Å². The Bertz CT molecular complexity index is 4050. The molecule has 61 heavy (non-hydrogen) atoms. The van der Waals surface area contributed by atoms with E-state index in [4.69, 9.17) is 25.1 Å². The molecule has 0 radical (unpaired) electrons. The highest BCUT2D eigenvalue weighted by molar-refractivity contribution is 6.10. The van der Waals surface area contributed by atoms with Crippen molar-refractivity contribution in [3.05, 3.63) is 212 Å². The maximum absolute atomic E-state index is 9.19. The van der Waals surface area contributed by atoms with E-state index in [-0.39, 0.29) is 57.7 Å². The lowest BCUT2D eigenvalue weighted by Crippen LogP contribution is -2.31. The van der Waals surface area contributed by atoms with E-state index in [9.17, 15) is 1.37 Å². The van der Waals surface area contributed by atoms with Crippen LogP contribution in [0.3, 0.4) is 0 Å². The van der Waals surface area contributed by atoms with Gasteiger partial charge in [-0.15, -0.1) is 0 Å². The fourth-order valence-corrected chi connectivity index (χ4v) is 8.38. The quantitative estimate of drug-likeness (QED) is 0.119. The number of fused-ring (bicyclic) bond motifs is 7. The molecule has 288 valence electrons. The second-order valence-electron chi connectivity index (χ2n) is 14.7. The first kappa shape index (κ1) is 26.7. The molecule has 12 rings (SSSR count). The summed E-state index contributed by atoms with van der Waals surface area (Å²) in [6.07, 6.45) is 5.33. The zero-order valence-corrected chi connectivity index (χ0v) is 32.5. The van der Waals surface area contributed by atoms with Crippen molar-refractivity contribution >= 4 is 54.8 Å². The molecule has 8 aromatic carbocycles. The second-order valence-corrected chi connectivity index (χ2v) is 14.7. The van der Waals surface area contributed by atoms with Gasteiger partial charge in [-0.2, -0.15) is 0 Å². The van der Waals surface area contributed by atoms with Gasteiger partial charge in [0.05, 0.1) is 45.8 Å². The molecule has 4 heterocycles. The van der Waals surface area contributed by atoms with Gasteiger partial charge in [-0.05, 0) is 71.6 Å². The van der Waals surface area contributed by atoms with Gasteiger partial charge in [0.15, 0.2) is 0 Å². The van der Waals surface area contributed by atoms with Crippen molar-refractivity contribution in [3.8, 4) is 50.9 Å². The normalized spacial score (nSPS) is 13.8. The standard InChI is InChI=1S/C55H36N4O2/c1-36-14-11-17-38(30-36)43-23-13-22-42(37-15-3-2-4-16-37)55(43)58-35-57(49-25-8-9-26-50(49)58)39-18-12-19-40(31-39)60-41-28-29-45-44-20-5-7-24-48(44)59(51(45)32-41)54-33-53-47(34-56-54)46-21-6-10-27-52(46)61-53/h2-34H,1H3/i2D,3D,4D,11D,14D,15D,16D,17D,30D. The van der Waals surface area contributed by atoms with Crippen LogP contribution in [0.1, 0.15) is 17.9 Å². The molecule has 0 aliphatic rings. The number of imidazole rings is 1. The summed E-state index contributed by atoms with van der Waals surface area (Å²) in [5.74, 6) is 1.79. The summed E-state index contributed by atoms with van der Waals surface area (Å²) in [4.78, 5) is 4.94. The number of ether oxygens (including phenoxy) is 1. The summed E-state index contributed by atoms with van der Waals surface area (Å²) in [7, 11) is 0. The van der Waals surface area contributed by atoms with Crippen molar-refractivity contribution in [3.63, 3.8) is 0 Å². The molecule has 0 unspecified atom stereocenters. The van der Waals surface area contributed by atoms with Crippen LogP contribution >= 0.6 is 0 Å². The monoisotopic (exact) mass is 793 g/mol. The van der Waals surface area contributed by atoms with E-state index >= 15 is 0 Å². The summed E-state index contributed by atoms with van der Waals surface area (Å²) in [5.41, 5.74) is 6.23. The van der Waals surface area contributed by atoms with E-state index in [0.29, 0.717) is 34.0 Å². The third kappa shape index (κ3) is 5.80. The molecule has 0 bridgehead atoms. The number of para-hydroxylation sites is 5. The zero-order valence-electron chi connectivity index (χ0n) is 41.5. The molecule has 4 aromatic heterocycles. The van der Waals surface area contributed by atoms with Crippen LogP contribution in [0.5, 0.6) is 11.5 Å². The summed E-state index contributed by atoms with van der Waals surface area (Å²) < 4.78 is 97.6. The first-order chi connectivity index (χ1) is 33.9. The average Bonchev–Trinajstić information content (AvgIpc) is 4.06. The molecule has 0 N–H and O–H groups in total. The van der Waals surface area contributed by atoms with Gasteiger partial charge >= 0.3 is 0 Å². The van der Waals surface area contributed by atoms with Gasteiger partial charge in [0, 0.05) is 39.9 Å². The Morgan fingerprint density at radius 2 is 1.34 bits per heavy atom. The molecule has 0 spiro atoms. The van der Waals surface area contributed by atoms with Crippen molar-refractivity contribution in [1.29, 1.82) is 0 Å². The summed E-state index contributed by atoms with van der Waals surface area (Å²) >= 11 is 0. The maximum Gasteiger partial charge on any atom is 0.269 e. The number of aromatic nitrogens is 4. The molecule has 0 atom stereocenters. The minimum Gasteiger partial charge on any atom is -0.458 e. The van der Waals surface area contributed by atoms with Crippen molar-refractivity contribution in [2.45, 2.75) is 6.92 Å². The topological polar surface area (TPSA) is 49.0 Å². The van der Waals surface area contributed by atoms with Crippen molar-refractivity contribution < 1.29 is 26.1 Å². The lowest BCUT2D eigenvalue weighted by atomic mass is 9.95. The van der Waals surface area contributed by atoms with E-state index in [1.807, 2.05) is 120 Å². The fourth-order valence-electron chi connectivity index (χ4n) is 8.38. The van der Waals surface area contributed by atoms with Crippen molar-refractivity contribution in [2.24, 2.45) is 0 Å².